The highest BCUT2D eigenvalue weighted by atomic mass is 16.3. The molecule has 0 bridgehead atoms. The maximum Gasteiger partial charge on any atom is 0.227 e. The van der Waals surface area contributed by atoms with Gasteiger partial charge in [-0.3, -0.25) is 0 Å². The molecule has 1 heterocycles. The number of nitrogens with zero attached hydrogens (tertiary/aromatic N) is 2. The van der Waals surface area contributed by atoms with E-state index in [1.54, 1.807) is 0 Å². The van der Waals surface area contributed by atoms with Gasteiger partial charge in [0.25, 0.3) is 0 Å². The van der Waals surface area contributed by atoms with E-state index in [2.05, 4.69) is 187 Å². The second kappa shape index (κ2) is 12.4. The molecule has 0 aliphatic carbocycles. The quantitative estimate of drug-likeness (QED) is 0.177. The van der Waals surface area contributed by atoms with Gasteiger partial charge in [0, 0.05) is 22.6 Å². The Morgan fingerprint density at radius 2 is 0.712 bits per heavy atom. The summed E-state index contributed by atoms with van der Waals surface area (Å²) in [5, 5.41) is 7.27. The second-order valence-electron chi connectivity index (χ2n) is 13.3. The zero-order valence-electron chi connectivity index (χ0n) is 28.3. The molecule has 0 atom stereocenters. The van der Waals surface area contributed by atoms with Gasteiger partial charge in [0.1, 0.15) is 5.52 Å². The molecule has 3 heteroatoms. The SMILES string of the molecule is c1ccc2cc(-c3ccc(N(c4ccc(-c5ccc6ccccc6c5)cc4)c4ccc(-c5nc6cc7ccccc7cc6o5)cc4)cc3)ccc2c1. The van der Waals surface area contributed by atoms with Gasteiger partial charge in [0.05, 0.1) is 0 Å². The lowest BCUT2D eigenvalue weighted by atomic mass is 10.00. The minimum atomic E-state index is 0.614. The Labute approximate surface area is 301 Å². The number of oxazole rings is 1. The van der Waals surface area contributed by atoms with E-state index in [0.29, 0.717) is 5.89 Å². The topological polar surface area (TPSA) is 29.3 Å². The lowest BCUT2D eigenvalue weighted by molar-refractivity contribution is 0.620. The Hall–Kier alpha value is -6.97. The number of benzene rings is 9. The summed E-state index contributed by atoms with van der Waals surface area (Å²) in [6.07, 6.45) is 0. The normalized spacial score (nSPS) is 11.5. The number of anilines is 3. The number of rotatable bonds is 6. The van der Waals surface area contributed by atoms with Gasteiger partial charge in [-0.25, -0.2) is 4.98 Å². The third kappa shape index (κ3) is 5.46. The fourth-order valence-corrected chi connectivity index (χ4v) is 7.28. The summed E-state index contributed by atoms with van der Waals surface area (Å²) in [5.41, 5.74) is 10.5. The van der Waals surface area contributed by atoms with E-state index < -0.39 is 0 Å². The first-order valence-corrected chi connectivity index (χ1v) is 17.6. The molecule has 0 spiro atoms. The van der Waals surface area contributed by atoms with Crippen LogP contribution in [0.25, 0.3) is 77.1 Å². The molecule has 0 fully saturated rings. The summed E-state index contributed by atoms with van der Waals surface area (Å²) >= 11 is 0. The Morgan fingerprint density at radius 1 is 0.327 bits per heavy atom. The van der Waals surface area contributed by atoms with Crippen molar-refractivity contribution >= 4 is 60.5 Å². The Kier molecular flexibility index (Phi) is 7.14. The molecule has 244 valence electrons. The molecular weight excluding hydrogens is 633 g/mol. The average Bonchev–Trinajstić information content (AvgIpc) is 3.63. The molecule has 9 aromatic carbocycles. The van der Waals surface area contributed by atoms with Crippen LogP contribution in [0.3, 0.4) is 0 Å². The maximum absolute atomic E-state index is 6.27. The molecule has 10 rings (SSSR count). The molecule has 0 aliphatic rings. The van der Waals surface area contributed by atoms with Crippen LogP contribution in [0.1, 0.15) is 0 Å². The molecule has 0 unspecified atom stereocenters. The zero-order chi connectivity index (χ0) is 34.4. The third-order valence-electron chi connectivity index (χ3n) is 10.0. The van der Waals surface area contributed by atoms with E-state index in [0.717, 1.165) is 44.5 Å². The van der Waals surface area contributed by atoms with Crippen LogP contribution in [0.4, 0.5) is 17.1 Å². The third-order valence-corrected chi connectivity index (χ3v) is 10.0. The largest absolute Gasteiger partial charge is 0.436 e. The summed E-state index contributed by atoms with van der Waals surface area (Å²) in [4.78, 5) is 7.16. The van der Waals surface area contributed by atoms with Crippen molar-refractivity contribution < 1.29 is 4.42 Å². The van der Waals surface area contributed by atoms with Crippen molar-refractivity contribution in [1.82, 2.24) is 4.98 Å². The second-order valence-corrected chi connectivity index (χ2v) is 13.3. The van der Waals surface area contributed by atoms with Crippen LogP contribution < -0.4 is 4.90 Å². The van der Waals surface area contributed by atoms with E-state index in [4.69, 9.17) is 9.40 Å². The molecule has 0 aliphatic heterocycles. The number of hydrogen-bond acceptors (Lipinski definition) is 3. The standard InChI is InChI=1S/C49H32N2O/c1-3-9-38-29-42(15-13-33(38)7-1)35-17-23-44(24-18-35)51(45-25-19-36(20-26-45)43-16-14-34-8-2-4-10-39(34)30-43)46-27-21-37(22-28-46)49-50-47-31-40-11-5-6-12-41(40)32-48(47)52-49/h1-32H. The highest BCUT2D eigenvalue weighted by Gasteiger charge is 2.16. The number of hydrogen-bond donors (Lipinski definition) is 0. The van der Waals surface area contributed by atoms with Gasteiger partial charge in [-0.15, -0.1) is 0 Å². The molecule has 0 amide bonds. The Bertz CT molecular complexity index is 2710. The van der Waals surface area contributed by atoms with E-state index >= 15 is 0 Å². The van der Waals surface area contributed by atoms with Crippen molar-refractivity contribution in [3.63, 3.8) is 0 Å². The first-order chi connectivity index (χ1) is 25.7. The predicted octanol–water partition coefficient (Wildman–Crippen LogP) is 13.8. The summed E-state index contributed by atoms with van der Waals surface area (Å²) in [5.74, 6) is 0.614. The predicted molar refractivity (Wildman–Crippen MR) is 218 cm³/mol. The van der Waals surface area contributed by atoms with Crippen molar-refractivity contribution in [2.24, 2.45) is 0 Å². The van der Waals surface area contributed by atoms with E-state index in [9.17, 15) is 0 Å². The highest BCUT2D eigenvalue weighted by molar-refractivity contribution is 5.95. The average molecular weight is 665 g/mol. The van der Waals surface area contributed by atoms with Crippen molar-refractivity contribution in [2.75, 3.05) is 4.90 Å². The van der Waals surface area contributed by atoms with Gasteiger partial charge in [-0.1, -0.05) is 121 Å². The minimum Gasteiger partial charge on any atom is -0.436 e. The van der Waals surface area contributed by atoms with Crippen LogP contribution in [-0.4, -0.2) is 4.98 Å². The van der Waals surface area contributed by atoms with E-state index in [-0.39, 0.29) is 0 Å². The Morgan fingerprint density at radius 3 is 1.19 bits per heavy atom. The van der Waals surface area contributed by atoms with Gasteiger partial charge in [-0.05, 0) is 127 Å². The van der Waals surface area contributed by atoms with Crippen LogP contribution in [0.15, 0.2) is 199 Å². The van der Waals surface area contributed by atoms with Crippen LogP contribution >= 0.6 is 0 Å². The van der Waals surface area contributed by atoms with E-state index in [1.807, 2.05) is 12.1 Å². The molecule has 0 saturated heterocycles. The van der Waals surface area contributed by atoms with Crippen LogP contribution in [-0.2, 0) is 0 Å². The van der Waals surface area contributed by atoms with Crippen molar-refractivity contribution in [3.8, 4) is 33.7 Å². The van der Waals surface area contributed by atoms with Crippen molar-refractivity contribution in [3.05, 3.63) is 194 Å². The van der Waals surface area contributed by atoms with Crippen LogP contribution in [0.2, 0.25) is 0 Å². The lowest BCUT2D eigenvalue weighted by Gasteiger charge is -2.26. The number of aromatic nitrogens is 1. The zero-order valence-corrected chi connectivity index (χ0v) is 28.3. The summed E-state index contributed by atoms with van der Waals surface area (Å²) in [7, 11) is 0. The summed E-state index contributed by atoms with van der Waals surface area (Å²) in [6.45, 7) is 0. The molecule has 1 aromatic heterocycles. The van der Waals surface area contributed by atoms with Gasteiger partial charge in [-0.2, -0.15) is 0 Å². The first kappa shape index (κ1) is 29.9. The minimum absolute atomic E-state index is 0.614. The molecule has 10 aromatic rings. The molecule has 52 heavy (non-hydrogen) atoms. The van der Waals surface area contributed by atoms with Crippen molar-refractivity contribution in [2.45, 2.75) is 0 Å². The maximum atomic E-state index is 6.27. The Balaban J connectivity index is 1.02. The first-order valence-electron chi connectivity index (χ1n) is 17.6. The molecular formula is C49H32N2O. The van der Waals surface area contributed by atoms with Crippen molar-refractivity contribution in [1.29, 1.82) is 0 Å². The monoisotopic (exact) mass is 664 g/mol. The van der Waals surface area contributed by atoms with Crippen LogP contribution in [0.5, 0.6) is 0 Å². The molecule has 3 nitrogen and oxygen atoms in total. The number of fused-ring (bicyclic) bond motifs is 4. The van der Waals surface area contributed by atoms with Gasteiger partial charge in [0.2, 0.25) is 5.89 Å². The lowest BCUT2D eigenvalue weighted by Crippen LogP contribution is -2.09. The van der Waals surface area contributed by atoms with E-state index in [1.165, 1.54) is 43.8 Å². The van der Waals surface area contributed by atoms with Gasteiger partial charge < -0.3 is 9.32 Å². The fraction of sp³-hybridized carbons (Fsp3) is 0. The van der Waals surface area contributed by atoms with Crippen LogP contribution in [0, 0.1) is 0 Å². The smallest absolute Gasteiger partial charge is 0.227 e. The molecule has 0 radical (unpaired) electrons. The molecule has 0 saturated carbocycles. The summed E-state index contributed by atoms with van der Waals surface area (Å²) in [6, 6.07) is 69.0. The fourth-order valence-electron chi connectivity index (χ4n) is 7.28. The van der Waals surface area contributed by atoms with Gasteiger partial charge in [0.15, 0.2) is 5.58 Å². The van der Waals surface area contributed by atoms with Gasteiger partial charge >= 0.3 is 0 Å². The highest BCUT2D eigenvalue weighted by Crippen LogP contribution is 2.38. The summed E-state index contributed by atoms with van der Waals surface area (Å²) < 4.78 is 6.27. The molecule has 0 N–H and O–H groups in total.